The average Bonchev–Trinajstić information content (AvgIpc) is 3.40. The number of likely N-dealkylation sites (N-methyl/N-ethyl adjacent to an activating group) is 1. The molecule has 0 aliphatic heterocycles. The minimum absolute atomic E-state index is 0.0112. The molecule has 40 heavy (non-hydrogen) atoms. The molecule has 1 aliphatic rings. The molecule has 2 amide bonds. The van der Waals surface area contributed by atoms with Crippen molar-refractivity contribution in [1.29, 1.82) is 5.26 Å². The van der Waals surface area contributed by atoms with Crippen molar-refractivity contribution in [2.45, 2.75) is 55.6 Å². The first-order valence-electron chi connectivity index (χ1n) is 13.4. The van der Waals surface area contributed by atoms with E-state index in [9.17, 15) is 28.4 Å². The number of aliphatic hydroxyl groups is 1. The first-order valence-corrected chi connectivity index (χ1v) is 15.7. The maximum atomic E-state index is 13.2. The summed E-state index contributed by atoms with van der Waals surface area (Å²) < 4.78 is 27.9. The van der Waals surface area contributed by atoms with E-state index < -0.39 is 28.1 Å². The fourth-order valence-corrected chi connectivity index (χ4v) is 7.38. The van der Waals surface area contributed by atoms with Crippen LogP contribution in [0.25, 0.3) is 10.1 Å². The number of aliphatic hydroxyl groups excluding tert-OH is 1. The molecule has 2 atom stereocenters. The van der Waals surface area contributed by atoms with E-state index in [4.69, 9.17) is 0 Å². The van der Waals surface area contributed by atoms with E-state index >= 15 is 0 Å². The third-order valence-electron chi connectivity index (χ3n) is 7.24. The van der Waals surface area contributed by atoms with Gasteiger partial charge in [-0.05, 0) is 42.0 Å². The molecule has 1 aliphatic carbocycles. The molecule has 1 fully saturated rings. The van der Waals surface area contributed by atoms with Gasteiger partial charge < -0.3 is 15.7 Å². The summed E-state index contributed by atoms with van der Waals surface area (Å²) in [5, 5.41) is 26.4. The number of nitrogens with zero attached hydrogens (tertiary/aromatic N) is 2. The third kappa shape index (κ3) is 7.26. The molecule has 212 valence electrons. The Labute approximate surface area is 238 Å². The molecule has 0 unspecified atom stereocenters. The Morgan fingerprint density at radius 3 is 2.55 bits per heavy atom. The number of carbonyl (C=O) groups excluding carboxylic acids is 2. The second-order valence-electron chi connectivity index (χ2n) is 10.2. The summed E-state index contributed by atoms with van der Waals surface area (Å²) in [6.07, 6.45) is 4.65. The molecule has 2 aromatic carbocycles. The van der Waals surface area contributed by atoms with Gasteiger partial charge in [-0.15, -0.1) is 11.3 Å². The topological polar surface area (TPSA) is 140 Å². The molecule has 0 spiro atoms. The molecule has 9 nitrogen and oxygen atoms in total. The minimum atomic E-state index is -4.03. The van der Waals surface area contributed by atoms with E-state index in [-0.39, 0.29) is 29.5 Å². The lowest BCUT2D eigenvalue weighted by Crippen LogP contribution is -2.50. The molecule has 4 rings (SSSR count). The third-order valence-corrected chi connectivity index (χ3v) is 10.2. The quantitative estimate of drug-likeness (QED) is 0.315. The van der Waals surface area contributed by atoms with E-state index in [1.165, 1.54) is 43.0 Å². The van der Waals surface area contributed by atoms with E-state index in [0.29, 0.717) is 17.2 Å². The van der Waals surface area contributed by atoms with Gasteiger partial charge in [-0.2, -0.15) is 9.57 Å². The van der Waals surface area contributed by atoms with Crippen molar-refractivity contribution in [3.8, 4) is 6.07 Å². The van der Waals surface area contributed by atoms with Crippen molar-refractivity contribution < 1.29 is 23.1 Å². The van der Waals surface area contributed by atoms with Crippen LogP contribution in [0.2, 0.25) is 0 Å². The number of benzene rings is 2. The summed E-state index contributed by atoms with van der Waals surface area (Å²) in [4.78, 5) is 26.7. The summed E-state index contributed by atoms with van der Waals surface area (Å²) >= 11 is 1.37. The molecule has 1 aromatic heterocycles. The Hall–Kier alpha value is -3.30. The zero-order chi connectivity index (χ0) is 28.7. The lowest BCUT2D eigenvalue weighted by molar-refractivity contribution is -0.124. The first kappa shape index (κ1) is 29.7. The van der Waals surface area contributed by atoms with Crippen molar-refractivity contribution >= 4 is 43.3 Å². The standard InChI is InChI=1S/C29H34N4O5S2/c1-33(40(37,38)27-14-8-6-12-22(27)17-30)19-23(34)18-31-28(35)24(15-20-9-3-2-4-10-20)32-29(36)26-16-21-11-5-7-13-25(21)39-26/h5-8,11-14,16,20,23-24,34H,2-4,9-10,15,18-19H2,1H3,(H,31,35)(H,32,36)/t23-,24-/m0/s1. The molecular weight excluding hydrogens is 548 g/mol. The highest BCUT2D eigenvalue weighted by Gasteiger charge is 2.29. The Morgan fingerprint density at radius 2 is 1.82 bits per heavy atom. The highest BCUT2D eigenvalue weighted by molar-refractivity contribution is 7.89. The SMILES string of the molecule is CN(C[C@@H](O)CNC(=O)[C@H](CC1CCCCC1)NC(=O)c1cc2ccccc2s1)S(=O)(=O)c1ccccc1C#N. The highest BCUT2D eigenvalue weighted by Crippen LogP contribution is 2.29. The minimum Gasteiger partial charge on any atom is -0.390 e. The molecule has 0 bridgehead atoms. The van der Waals surface area contributed by atoms with Crippen LogP contribution in [0.15, 0.2) is 59.5 Å². The molecule has 3 N–H and O–H groups in total. The zero-order valence-electron chi connectivity index (χ0n) is 22.4. The summed E-state index contributed by atoms with van der Waals surface area (Å²) in [6.45, 7) is -0.484. The van der Waals surface area contributed by atoms with Gasteiger partial charge in [0.25, 0.3) is 5.91 Å². The van der Waals surface area contributed by atoms with Gasteiger partial charge in [0.05, 0.1) is 21.4 Å². The fraction of sp³-hybridized carbons (Fsp3) is 0.414. The van der Waals surface area contributed by atoms with Gasteiger partial charge in [-0.3, -0.25) is 9.59 Å². The summed E-state index contributed by atoms with van der Waals surface area (Å²) in [5.74, 6) is -0.423. The van der Waals surface area contributed by atoms with Crippen LogP contribution in [0, 0.1) is 17.2 Å². The van der Waals surface area contributed by atoms with Gasteiger partial charge >= 0.3 is 0 Å². The fourth-order valence-electron chi connectivity index (χ4n) is 5.06. The van der Waals surface area contributed by atoms with Crippen LogP contribution in [0.4, 0.5) is 0 Å². The number of sulfonamides is 1. The molecule has 11 heteroatoms. The number of fused-ring (bicyclic) bond motifs is 1. The average molecular weight is 583 g/mol. The van der Waals surface area contributed by atoms with Gasteiger partial charge in [0.2, 0.25) is 15.9 Å². The van der Waals surface area contributed by atoms with Crippen molar-refractivity contribution in [3.63, 3.8) is 0 Å². The number of rotatable bonds is 11. The molecule has 1 saturated carbocycles. The number of amides is 2. The zero-order valence-corrected chi connectivity index (χ0v) is 24.0. The van der Waals surface area contributed by atoms with Crippen molar-refractivity contribution in [1.82, 2.24) is 14.9 Å². The highest BCUT2D eigenvalue weighted by atomic mass is 32.2. The predicted molar refractivity (Wildman–Crippen MR) is 154 cm³/mol. The molecular formula is C29H34N4O5S2. The lowest BCUT2D eigenvalue weighted by Gasteiger charge is -2.27. The summed E-state index contributed by atoms with van der Waals surface area (Å²) in [5.41, 5.74) is 0.0112. The van der Waals surface area contributed by atoms with Gasteiger partial charge in [-0.1, -0.05) is 62.4 Å². The van der Waals surface area contributed by atoms with Crippen LogP contribution in [-0.4, -0.2) is 61.9 Å². The van der Waals surface area contributed by atoms with Gasteiger partial charge in [0.1, 0.15) is 12.1 Å². The van der Waals surface area contributed by atoms with Gasteiger partial charge in [-0.25, -0.2) is 8.42 Å². The Kier molecular flexibility index (Phi) is 9.92. The van der Waals surface area contributed by atoms with Gasteiger partial charge in [0.15, 0.2) is 0 Å². The van der Waals surface area contributed by atoms with Crippen LogP contribution in [-0.2, 0) is 14.8 Å². The van der Waals surface area contributed by atoms with Crippen LogP contribution >= 0.6 is 11.3 Å². The Morgan fingerprint density at radius 1 is 1.12 bits per heavy atom. The summed E-state index contributed by atoms with van der Waals surface area (Å²) in [7, 11) is -2.72. The van der Waals surface area contributed by atoms with Gasteiger partial charge in [0, 0.05) is 24.8 Å². The molecule has 0 radical (unpaired) electrons. The van der Waals surface area contributed by atoms with Crippen molar-refractivity contribution in [2.24, 2.45) is 5.92 Å². The van der Waals surface area contributed by atoms with Crippen LogP contribution in [0.1, 0.15) is 53.8 Å². The smallest absolute Gasteiger partial charge is 0.262 e. The van der Waals surface area contributed by atoms with Crippen molar-refractivity contribution in [2.75, 3.05) is 20.1 Å². The molecule has 1 heterocycles. The van der Waals surface area contributed by atoms with Crippen LogP contribution in [0.5, 0.6) is 0 Å². The largest absolute Gasteiger partial charge is 0.390 e. The maximum Gasteiger partial charge on any atom is 0.262 e. The number of carbonyl (C=O) groups is 2. The van der Waals surface area contributed by atoms with E-state index in [2.05, 4.69) is 10.6 Å². The molecule has 3 aromatic rings. The monoisotopic (exact) mass is 582 g/mol. The van der Waals surface area contributed by atoms with Crippen molar-refractivity contribution in [3.05, 3.63) is 65.0 Å². The molecule has 0 saturated heterocycles. The first-order chi connectivity index (χ1) is 19.2. The van der Waals surface area contributed by atoms with Crippen LogP contribution < -0.4 is 10.6 Å². The van der Waals surface area contributed by atoms with E-state index in [1.807, 2.05) is 36.4 Å². The Bertz CT molecular complexity index is 1460. The van der Waals surface area contributed by atoms with Crippen LogP contribution in [0.3, 0.4) is 0 Å². The number of hydrogen-bond acceptors (Lipinski definition) is 7. The predicted octanol–water partition coefficient (Wildman–Crippen LogP) is 3.64. The number of thiophene rings is 1. The Balaban J connectivity index is 1.39. The lowest BCUT2D eigenvalue weighted by atomic mass is 9.84. The summed E-state index contributed by atoms with van der Waals surface area (Å²) in [6, 6.07) is 16.5. The van der Waals surface area contributed by atoms with E-state index in [0.717, 1.165) is 40.1 Å². The number of hydrogen-bond donors (Lipinski definition) is 3. The normalized spacial score (nSPS) is 15.8. The number of nitriles is 1. The number of nitrogens with one attached hydrogen (secondary N) is 2. The maximum absolute atomic E-state index is 13.2. The van der Waals surface area contributed by atoms with E-state index in [1.54, 1.807) is 6.07 Å². The second kappa shape index (κ2) is 13.4. The second-order valence-corrected chi connectivity index (χ2v) is 13.3.